The lowest BCUT2D eigenvalue weighted by molar-refractivity contribution is -0.131. The zero-order valence-corrected chi connectivity index (χ0v) is 15.4. The molecule has 0 bridgehead atoms. The van der Waals surface area contributed by atoms with E-state index in [4.69, 9.17) is 5.73 Å². The first-order valence-electron chi connectivity index (χ1n) is 8.32. The molecular formula is C18H24ClFN4O. The van der Waals surface area contributed by atoms with Crippen molar-refractivity contribution in [1.82, 2.24) is 14.7 Å². The number of nitrogens with two attached hydrogens (primary N) is 1. The lowest BCUT2D eigenvalue weighted by Gasteiger charge is -2.23. The Morgan fingerprint density at radius 3 is 2.64 bits per heavy atom. The van der Waals surface area contributed by atoms with E-state index in [1.807, 2.05) is 18.7 Å². The van der Waals surface area contributed by atoms with Gasteiger partial charge in [-0.25, -0.2) is 9.07 Å². The fraction of sp³-hybridized carbons (Fsp3) is 0.444. The van der Waals surface area contributed by atoms with Crippen LogP contribution in [0.15, 0.2) is 24.3 Å². The van der Waals surface area contributed by atoms with Crippen molar-refractivity contribution < 1.29 is 9.18 Å². The van der Waals surface area contributed by atoms with Crippen LogP contribution in [0.1, 0.15) is 29.8 Å². The highest BCUT2D eigenvalue weighted by Gasteiger charge is 2.28. The van der Waals surface area contributed by atoms with Gasteiger partial charge in [0.1, 0.15) is 5.82 Å². The van der Waals surface area contributed by atoms with Crippen LogP contribution in [0.2, 0.25) is 0 Å². The molecular weight excluding hydrogens is 343 g/mol. The largest absolute Gasteiger partial charge is 0.338 e. The number of carbonyl (C=O) groups excluding carboxylic acids is 1. The van der Waals surface area contributed by atoms with Crippen molar-refractivity contribution in [2.24, 2.45) is 5.73 Å². The molecule has 0 saturated carbocycles. The minimum absolute atomic E-state index is 0. The van der Waals surface area contributed by atoms with Crippen molar-refractivity contribution in [3.8, 4) is 5.69 Å². The van der Waals surface area contributed by atoms with Gasteiger partial charge in [0.25, 0.3) is 0 Å². The summed E-state index contributed by atoms with van der Waals surface area (Å²) < 4.78 is 14.9. The lowest BCUT2D eigenvalue weighted by atomic mass is 10.1. The van der Waals surface area contributed by atoms with E-state index < -0.39 is 0 Å². The molecule has 3 rings (SSSR count). The number of benzene rings is 1. The molecule has 2 N–H and O–H groups in total. The molecule has 0 spiro atoms. The summed E-state index contributed by atoms with van der Waals surface area (Å²) in [6.07, 6.45) is 2.32. The first-order valence-corrected chi connectivity index (χ1v) is 8.32. The van der Waals surface area contributed by atoms with Gasteiger partial charge in [-0.15, -0.1) is 12.4 Å². The Bertz CT molecular complexity index is 744. The Balaban J connectivity index is 0.00000225. The molecule has 25 heavy (non-hydrogen) atoms. The average molecular weight is 367 g/mol. The highest BCUT2D eigenvalue weighted by Crippen LogP contribution is 2.22. The van der Waals surface area contributed by atoms with Crippen molar-refractivity contribution in [3.05, 3.63) is 47.0 Å². The first-order chi connectivity index (χ1) is 11.5. The molecule has 0 aliphatic carbocycles. The highest BCUT2D eigenvalue weighted by atomic mass is 35.5. The van der Waals surface area contributed by atoms with E-state index in [-0.39, 0.29) is 30.2 Å². The number of aryl methyl sites for hydroxylation is 1. The predicted octanol–water partition coefficient (Wildman–Crippen LogP) is 2.54. The number of hydrogen-bond acceptors (Lipinski definition) is 3. The van der Waals surface area contributed by atoms with E-state index in [1.54, 1.807) is 16.8 Å². The molecule has 1 saturated heterocycles. The van der Waals surface area contributed by atoms with Gasteiger partial charge in [0.05, 0.1) is 17.8 Å². The maximum Gasteiger partial charge on any atom is 0.227 e. The van der Waals surface area contributed by atoms with E-state index in [0.717, 1.165) is 42.0 Å². The standard InChI is InChI=1S/C18H23FN4O.ClH/c1-12-17(10-18(24)22-9-3-4-16(22)11-20)13(2)23(21-12)15-7-5-14(19)6-8-15;/h5-8,16H,3-4,9-11,20H2,1-2H3;1H. The second-order valence-corrected chi connectivity index (χ2v) is 6.33. The number of aromatic nitrogens is 2. The molecule has 1 atom stereocenters. The summed E-state index contributed by atoms with van der Waals surface area (Å²) in [5, 5.41) is 4.53. The quantitative estimate of drug-likeness (QED) is 0.904. The molecule has 0 radical (unpaired) electrons. The fourth-order valence-electron chi connectivity index (χ4n) is 3.43. The molecule has 2 aromatic rings. The zero-order chi connectivity index (χ0) is 17.3. The molecule has 1 amide bonds. The van der Waals surface area contributed by atoms with Crippen molar-refractivity contribution >= 4 is 18.3 Å². The topological polar surface area (TPSA) is 64.2 Å². The van der Waals surface area contributed by atoms with Crippen molar-refractivity contribution in [2.45, 2.75) is 39.2 Å². The van der Waals surface area contributed by atoms with Gasteiger partial charge in [-0.05, 0) is 51.0 Å². The number of rotatable bonds is 4. The van der Waals surface area contributed by atoms with Crippen molar-refractivity contribution in [2.75, 3.05) is 13.1 Å². The molecule has 2 heterocycles. The molecule has 1 aromatic carbocycles. The Kier molecular flexibility index (Phi) is 6.19. The van der Waals surface area contributed by atoms with Gasteiger partial charge in [0, 0.05) is 30.4 Å². The van der Waals surface area contributed by atoms with Gasteiger partial charge in [-0.2, -0.15) is 5.10 Å². The predicted molar refractivity (Wildman–Crippen MR) is 97.7 cm³/mol. The molecule has 1 fully saturated rings. The van der Waals surface area contributed by atoms with E-state index in [9.17, 15) is 9.18 Å². The number of amides is 1. The number of hydrogen-bond donors (Lipinski definition) is 1. The number of likely N-dealkylation sites (tertiary alicyclic amines) is 1. The van der Waals surface area contributed by atoms with Crippen LogP contribution >= 0.6 is 12.4 Å². The van der Waals surface area contributed by atoms with E-state index in [2.05, 4.69) is 5.10 Å². The molecule has 1 aliphatic heterocycles. The summed E-state index contributed by atoms with van der Waals surface area (Å²) in [6, 6.07) is 6.35. The Morgan fingerprint density at radius 1 is 1.32 bits per heavy atom. The van der Waals surface area contributed by atoms with Gasteiger partial charge < -0.3 is 10.6 Å². The first kappa shape index (κ1) is 19.4. The van der Waals surface area contributed by atoms with Crippen LogP contribution < -0.4 is 5.73 Å². The van der Waals surface area contributed by atoms with E-state index in [1.165, 1.54) is 12.1 Å². The molecule has 7 heteroatoms. The minimum Gasteiger partial charge on any atom is -0.338 e. The molecule has 1 aliphatic rings. The van der Waals surface area contributed by atoms with Crippen LogP contribution in [0.5, 0.6) is 0 Å². The molecule has 1 unspecified atom stereocenters. The smallest absolute Gasteiger partial charge is 0.227 e. The van der Waals surface area contributed by atoms with Crippen molar-refractivity contribution in [1.29, 1.82) is 0 Å². The third kappa shape index (κ3) is 3.85. The Hall–Kier alpha value is -1.92. The lowest BCUT2D eigenvalue weighted by Crippen LogP contribution is -2.40. The molecule has 136 valence electrons. The van der Waals surface area contributed by atoms with Crippen LogP contribution in [0.25, 0.3) is 5.69 Å². The third-order valence-corrected chi connectivity index (χ3v) is 4.81. The van der Waals surface area contributed by atoms with Crippen LogP contribution in [-0.4, -0.2) is 39.7 Å². The maximum absolute atomic E-state index is 13.1. The zero-order valence-electron chi connectivity index (χ0n) is 14.5. The Morgan fingerprint density at radius 2 is 2.00 bits per heavy atom. The summed E-state index contributed by atoms with van der Waals surface area (Å²) in [5.41, 5.74) is 9.23. The maximum atomic E-state index is 13.1. The number of carbonyl (C=O) groups is 1. The van der Waals surface area contributed by atoms with E-state index >= 15 is 0 Å². The van der Waals surface area contributed by atoms with Crippen molar-refractivity contribution in [3.63, 3.8) is 0 Å². The normalized spacial score (nSPS) is 16.8. The van der Waals surface area contributed by atoms with Gasteiger partial charge in [-0.1, -0.05) is 0 Å². The number of halogens is 2. The summed E-state index contributed by atoms with van der Waals surface area (Å²) in [7, 11) is 0. The highest BCUT2D eigenvalue weighted by molar-refractivity contribution is 5.85. The van der Waals surface area contributed by atoms with E-state index in [0.29, 0.717) is 13.0 Å². The SMILES string of the molecule is Cc1nn(-c2ccc(F)cc2)c(C)c1CC(=O)N1CCCC1CN.Cl. The number of nitrogens with zero attached hydrogens (tertiary/aromatic N) is 3. The van der Waals surface area contributed by atoms with Gasteiger partial charge >= 0.3 is 0 Å². The van der Waals surface area contributed by atoms with Crippen LogP contribution in [0.3, 0.4) is 0 Å². The van der Waals surface area contributed by atoms with Gasteiger partial charge in [0.15, 0.2) is 0 Å². The minimum atomic E-state index is -0.280. The monoisotopic (exact) mass is 366 g/mol. The summed E-state index contributed by atoms with van der Waals surface area (Å²) >= 11 is 0. The van der Waals surface area contributed by atoms with Crippen LogP contribution in [-0.2, 0) is 11.2 Å². The second-order valence-electron chi connectivity index (χ2n) is 6.33. The van der Waals surface area contributed by atoms with Gasteiger partial charge in [-0.3, -0.25) is 4.79 Å². The van der Waals surface area contributed by atoms with Crippen LogP contribution in [0.4, 0.5) is 4.39 Å². The average Bonchev–Trinajstić information content (AvgIpc) is 3.15. The summed E-state index contributed by atoms with van der Waals surface area (Å²) in [5.74, 6) is -0.176. The molecule has 1 aromatic heterocycles. The fourth-order valence-corrected chi connectivity index (χ4v) is 3.43. The summed E-state index contributed by atoms with van der Waals surface area (Å²) in [4.78, 5) is 14.6. The third-order valence-electron chi connectivity index (χ3n) is 4.81. The van der Waals surface area contributed by atoms with Gasteiger partial charge in [0.2, 0.25) is 5.91 Å². The molecule has 5 nitrogen and oxygen atoms in total. The Labute approximate surface area is 153 Å². The van der Waals surface area contributed by atoms with Crippen LogP contribution in [0, 0.1) is 19.7 Å². The second kappa shape index (κ2) is 7.97. The summed E-state index contributed by atoms with van der Waals surface area (Å²) in [6.45, 7) is 5.14.